The topological polar surface area (TPSA) is 66.5 Å². The first-order chi connectivity index (χ1) is 10.8. The fourth-order valence-corrected chi connectivity index (χ4v) is 3.61. The number of sulfonamides is 1. The van der Waals surface area contributed by atoms with Gasteiger partial charge in [0.15, 0.2) is 0 Å². The van der Waals surface area contributed by atoms with Crippen molar-refractivity contribution in [2.75, 3.05) is 19.3 Å². The quantitative estimate of drug-likeness (QED) is 0.664. The Hall–Kier alpha value is -1.40. The molecule has 0 saturated carbocycles. The van der Waals surface area contributed by atoms with Crippen LogP contribution >= 0.6 is 0 Å². The molecule has 0 saturated heterocycles. The minimum Gasteiger partial charge on any atom is -0.356 e. The van der Waals surface area contributed by atoms with Crippen LogP contribution in [0.4, 0.5) is 0 Å². The van der Waals surface area contributed by atoms with Crippen LogP contribution in [0.3, 0.4) is 0 Å². The van der Waals surface area contributed by atoms with Crippen molar-refractivity contribution < 1.29 is 13.2 Å². The van der Waals surface area contributed by atoms with Crippen molar-refractivity contribution in [1.82, 2.24) is 9.62 Å². The first-order valence-electron chi connectivity index (χ1n) is 8.12. The van der Waals surface area contributed by atoms with E-state index in [-0.39, 0.29) is 24.9 Å². The van der Waals surface area contributed by atoms with E-state index in [1.54, 1.807) is 0 Å². The zero-order valence-corrected chi connectivity index (χ0v) is 15.1. The minimum absolute atomic E-state index is 0.0871. The molecule has 0 aromatic heterocycles. The maximum absolute atomic E-state index is 11.9. The van der Waals surface area contributed by atoms with Crippen molar-refractivity contribution >= 4 is 15.9 Å². The van der Waals surface area contributed by atoms with Crippen LogP contribution in [0, 0.1) is 0 Å². The Morgan fingerprint density at radius 1 is 1.26 bits per heavy atom. The molecule has 0 aliphatic carbocycles. The summed E-state index contributed by atoms with van der Waals surface area (Å²) in [6, 6.07) is 10.0. The lowest BCUT2D eigenvalue weighted by atomic mass is 10.1. The number of aryl methyl sites for hydroxylation is 1. The zero-order chi connectivity index (χ0) is 17.3. The van der Waals surface area contributed by atoms with Gasteiger partial charge in [-0.1, -0.05) is 37.3 Å². The summed E-state index contributed by atoms with van der Waals surface area (Å²) < 4.78 is 24.9. The van der Waals surface area contributed by atoms with Gasteiger partial charge >= 0.3 is 0 Å². The van der Waals surface area contributed by atoms with Crippen LogP contribution in [0.15, 0.2) is 30.3 Å². The highest BCUT2D eigenvalue weighted by Crippen LogP contribution is 2.09. The predicted octanol–water partition coefficient (Wildman–Crippen LogP) is 2.19. The van der Waals surface area contributed by atoms with Gasteiger partial charge in [0, 0.05) is 25.6 Å². The molecule has 1 amide bonds. The van der Waals surface area contributed by atoms with Crippen molar-refractivity contribution in [3.8, 4) is 0 Å². The van der Waals surface area contributed by atoms with Crippen LogP contribution in [0.1, 0.15) is 38.7 Å². The molecule has 1 unspecified atom stereocenters. The summed E-state index contributed by atoms with van der Waals surface area (Å²) in [4.78, 5) is 11.9. The SMILES string of the molecule is CCC(C)N(CCC(=O)NCCCc1ccccc1)S(C)(=O)=O. The Balaban J connectivity index is 2.30. The molecule has 130 valence electrons. The molecule has 1 atom stereocenters. The smallest absolute Gasteiger partial charge is 0.221 e. The molecule has 23 heavy (non-hydrogen) atoms. The Morgan fingerprint density at radius 3 is 2.48 bits per heavy atom. The number of hydrogen-bond donors (Lipinski definition) is 1. The van der Waals surface area contributed by atoms with Crippen molar-refractivity contribution in [2.45, 2.75) is 45.6 Å². The molecule has 1 rings (SSSR count). The molecule has 5 nitrogen and oxygen atoms in total. The van der Waals surface area contributed by atoms with Crippen LogP contribution in [0.5, 0.6) is 0 Å². The van der Waals surface area contributed by atoms with Crippen LogP contribution in [0.25, 0.3) is 0 Å². The van der Waals surface area contributed by atoms with E-state index in [4.69, 9.17) is 0 Å². The molecule has 1 aromatic carbocycles. The molecule has 0 spiro atoms. The monoisotopic (exact) mass is 340 g/mol. The third-order valence-electron chi connectivity index (χ3n) is 3.87. The molecule has 0 radical (unpaired) electrons. The first-order valence-corrected chi connectivity index (χ1v) is 9.97. The van der Waals surface area contributed by atoms with E-state index in [0.717, 1.165) is 19.3 Å². The van der Waals surface area contributed by atoms with Gasteiger partial charge in [-0.25, -0.2) is 8.42 Å². The number of carbonyl (C=O) groups is 1. The van der Waals surface area contributed by atoms with Crippen molar-refractivity contribution in [1.29, 1.82) is 0 Å². The molecule has 0 heterocycles. The standard InChI is InChI=1S/C17H28N2O3S/c1-4-15(2)19(23(3,21)22)14-12-17(20)18-13-8-11-16-9-6-5-7-10-16/h5-7,9-10,15H,4,8,11-14H2,1-3H3,(H,18,20). The van der Waals surface area contributed by atoms with Gasteiger partial charge in [0.05, 0.1) is 6.26 Å². The van der Waals surface area contributed by atoms with Gasteiger partial charge in [-0.2, -0.15) is 4.31 Å². The second-order valence-corrected chi connectivity index (χ2v) is 7.76. The van der Waals surface area contributed by atoms with E-state index in [9.17, 15) is 13.2 Å². The van der Waals surface area contributed by atoms with Crippen molar-refractivity contribution in [2.24, 2.45) is 0 Å². The molecule has 0 aliphatic heterocycles. The highest BCUT2D eigenvalue weighted by Gasteiger charge is 2.22. The number of nitrogens with one attached hydrogen (secondary N) is 1. The van der Waals surface area contributed by atoms with E-state index >= 15 is 0 Å². The number of benzene rings is 1. The molecule has 1 N–H and O–H groups in total. The summed E-state index contributed by atoms with van der Waals surface area (Å²) in [5.74, 6) is -0.102. The number of amides is 1. The molecular weight excluding hydrogens is 312 g/mol. The Kier molecular flexibility index (Phi) is 8.26. The summed E-state index contributed by atoms with van der Waals surface area (Å²) in [6.07, 6.45) is 3.91. The number of nitrogens with zero attached hydrogens (tertiary/aromatic N) is 1. The third kappa shape index (κ3) is 7.61. The van der Waals surface area contributed by atoms with Crippen LogP contribution in [-0.4, -0.2) is 44.0 Å². The lowest BCUT2D eigenvalue weighted by Gasteiger charge is -2.25. The number of carbonyl (C=O) groups excluding carboxylic acids is 1. The number of hydrogen-bond acceptors (Lipinski definition) is 3. The van der Waals surface area contributed by atoms with Gasteiger partial charge in [-0.05, 0) is 31.7 Å². The van der Waals surface area contributed by atoms with Crippen LogP contribution in [0.2, 0.25) is 0 Å². The summed E-state index contributed by atoms with van der Waals surface area (Å²) in [6.45, 7) is 4.64. The molecular formula is C17H28N2O3S. The van der Waals surface area contributed by atoms with Gasteiger partial charge < -0.3 is 5.32 Å². The van der Waals surface area contributed by atoms with Gasteiger partial charge in [-0.3, -0.25) is 4.79 Å². The van der Waals surface area contributed by atoms with E-state index in [2.05, 4.69) is 17.4 Å². The second kappa shape index (κ2) is 9.67. The van der Waals surface area contributed by atoms with Crippen molar-refractivity contribution in [3.63, 3.8) is 0 Å². The molecule has 1 aromatic rings. The maximum atomic E-state index is 11.9. The van der Waals surface area contributed by atoms with E-state index in [0.29, 0.717) is 6.54 Å². The predicted molar refractivity (Wildman–Crippen MR) is 93.7 cm³/mol. The lowest BCUT2D eigenvalue weighted by molar-refractivity contribution is -0.121. The zero-order valence-electron chi connectivity index (χ0n) is 14.3. The molecule has 0 fully saturated rings. The van der Waals surface area contributed by atoms with Gasteiger partial charge in [-0.15, -0.1) is 0 Å². The highest BCUT2D eigenvalue weighted by atomic mass is 32.2. The summed E-state index contributed by atoms with van der Waals surface area (Å²) in [7, 11) is -3.28. The average molecular weight is 340 g/mol. The van der Waals surface area contributed by atoms with E-state index < -0.39 is 10.0 Å². The second-order valence-electron chi connectivity index (χ2n) is 5.82. The summed E-state index contributed by atoms with van der Waals surface area (Å²) in [5, 5.41) is 2.86. The Morgan fingerprint density at radius 2 is 1.91 bits per heavy atom. The molecule has 6 heteroatoms. The third-order valence-corrected chi connectivity index (χ3v) is 5.27. The van der Waals surface area contributed by atoms with E-state index in [1.807, 2.05) is 32.0 Å². The van der Waals surface area contributed by atoms with Gasteiger partial charge in [0.25, 0.3) is 0 Å². The molecule has 0 aliphatic rings. The fourth-order valence-electron chi connectivity index (χ4n) is 2.38. The largest absolute Gasteiger partial charge is 0.356 e. The van der Waals surface area contributed by atoms with Gasteiger partial charge in [0.2, 0.25) is 15.9 Å². The summed E-state index contributed by atoms with van der Waals surface area (Å²) in [5.41, 5.74) is 1.25. The molecule has 0 bridgehead atoms. The maximum Gasteiger partial charge on any atom is 0.221 e. The average Bonchev–Trinajstić information content (AvgIpc) is 2.51. The van der Waals surface area contributed by atoms with Gasteiger partial charge in [0.1, 0.15) is 0 Å². The fraction of sp³-hybridized carbons (Fsp3) is 0.588. The Labute approximate surface area is 140 Å². The normalized spacial score (nSPS) is 13.0. The Bertz CT molecular complexity index is 573. The van der Waals surface area contributed by atoms with E-state index in [1.165, 1.54) is 16.1 Å². The van der Waals surface area contributed by atoms with Crippen LogP contribution in [-0.2, 0) is 21.2 Å². The van der Waals surface area contributed by atoms with Crippen molar-refractivity contribution in [3.05, 3.63) is 35.9 Å². The first kappa shape index (κ1) is 19.6. The highest BCUT2D eigenvalue weighted by molar-refractivity contribution is 7.88. The van der Waals surface area contributed by atoms with Crippen LogP contribution < -0.4 is 5.32 Å². The summed E-state index contributed by atoms with van der Waals surface area (Å²) >= 11 is 0. The minimum atomic E-state index is -3.28. The lowest BCUT2D eigenvalue weighted by Crippen LogP contribution is -2.40. The number of rotatable bonds is 10.